The van der Waals surface area contributed by atoms with Gasteiger partial charge in [0.15, 0.2) is 5.65 Å². The average molecular weight is 420 g/mol. The van der Waals surface area contributed by atoms with Crippen LogP contribution in [0.3, 0.4) is 0 Å². The molecule has 0 unspecified atom stereocenters. The van der Waals surface area contributed by atoms with Gasteiger partial charge in [-0.15, -0.1) is 0 Å². The number of anilines is 1. The van der Waals surface area contributed by atoms with Crippen molar-refractivity contribution in [3.8, 4) is 11.8 Å². The van der Waals surface area contributed by atoms with Crippen molar-refractivity contribution in [2.45, 2.75) is 13.1 Å². The fraction of sp³-hybridized carbons (Fsp3) is 0.0870. The summed E-state index contributed by atoms with van der Waals surface area (Å²) in [4.78, 5) is 23.8. The molecule has 0 aliphatic heterocycles. The predicted molar refractivity (Wildman–Crippen MR) is 110 cm³/mol. The fourth-order valence-electron chi connectivity index (χ4n) is 2.91. The minimum Gasteiger partial charge on any atom is -0.329 e. The minimum absolute atomic E-state index is 0.0615. The molecular weight excluding hydrogens is 405 g/mol. The zero-order chi connectivity index (χ0) is 22.0. The molecule has 0 spiro atoms. The monoisotopic (exact) mass is 420 g/mol. The lowest BCUT2D eigenvalue weighted by molar-refractivity contribution is -0.137. The summed E-state index contributed by atoms with van der Waals surface area (Å²) in [6, 6.07) is 11.2. The Morgan fingerprint density at radius 1 is 1.06 bits per heavy atom. The molecule has 2 aromatic heterocycles. The first-order valence-corrected chi connectivity index (χ1v) is 9.20. The summed E-state index contributed by atoms with van der Waals surface area (Å²) in [6.07, 6.45) is -1.32. The number of hydrogen-bond donors (Lipinski definition) is 2. The number of aryl methyl sites for hydroxylation is 1. The van der Waals surface area contributed by atoms with E-state index in [0.717, 1.165) is 17.7 Å². The summed E-state index contributed by atoms with van der Waals surface area (Å²) >= 11 is 0. The van der Waals surface area contributed by atoms with Crippen molar-refractivity contribution in [3.05, 3.63) is 88.9 Å². The van der Waals surface area contributed by atoms with E-state index in [1.165, 1.54) is 12.1 Å². The summed E-state index contributed by atoms with van der Waals surface area (Å²) in [6.45, 7) is 1.85. The second-order valence-corrected chi connectivity index (χ2v) is 6.81. The lowest BCUT2D eigenvalue weighted by Crippen LogP contribution is -2.13. The molecule has 8 heteroatoms. The second kappa shape index (κ2) is 7.95. The maximum Gasteiger partial charge on any atom is 0.416 e. The Bertz CT molecular complexity index is 1350. The number of carbonyl (C=O) groups is 1. The van der Waals surface area contributed by atoms with Crippen molar-refractivity contribution in [2.24, 2.45) is 0 Å². The lowest BCUT2D eigenvalue weighted by atomic mass is 10.0. The van der Waals surface area contributed by atoms with E-state index in [1.54, 1.807) is 36.8 Å². The van der Waals surface area contributed by atoms with Crippen LogP contribution in [0.5, 0.6) is 0 Å². The zero-order valence-electron chi connectivity index (χ0n) is 16.2. The van der Waals surface area contributed by atoms with E-state index in [2.05, 4.69) is 32.1 Å². The molecule has 31 heavy (non-hydrogen) atoms. The number of aromatic nitrogens is 3. The number of H-pyrrole nitrogens is 1. The summed E-state index contributed by atoms with van der Waals surface area (Å²) in [7, 11) is 0. The number of fused-ring (bicyclic) bond motifs is 1. The van der Waals surface area contributed by atoms with E-state index in [9.17, 15) is 18.0 Å². The van der Waals surface area contributed by atoms with Gasteiger partial charge in [0.1, 0.15) is 5.52 Å². The van der Waals surface area contributed by atoms with Gasteiger partial charge in [-0.3, -0.25) is 4.79 Å². The van der Waals surface area contributed by atoms with Crippen LogP contribution in [-0.2, 0) is 6.18 Å². The zero-order valence-corrected chi connectivity index (χ0v) is 16.2. The summed E-state index contributed by atoms with van der Waals surface area (Å²) in [5.41, 5.74) is 3.02. The fourth-order valence-corrected chi connectivity index (χ4v) is 2.91. The number of pyridine rings is 1. The molecule has 4 rings (SSSR count). The Kier molecular flexibility index (Phi) is 5.17. The van der Waals surface area contributed by atoms with Gasteiger partial charge in [0.2, 0.25) is 0 Å². The number of carbonyl (C=O) groups excluding carboxylic acids is 1. The number of hydrogen-bond acceptors (Lipinski definition) is 3. The molecule has 2 aromatic carbocycles. The molecule has 5 nitrogen and oxygen atoms in total. The standard InChI is InChI=1S/C23H15F3N4O/c1-14-5-7-17(22(31)30-19-4-2-3-18(11-19)23(24,25)26)10-16(14)8-6-15-9-20-21(27-12-15)29-13-28-20/h2-5,7,9-13H,1H3,(H,30,31)(H,27,28,29). The molecular formula is C23H15F3N4O. The first-order chi connectivity index (χ1) is 14.8. The summed E-state index contributed by atoms with van der Waals surface area (Å²) in [5.74, 6) is 5.49. The molecule has 1 amide bonds. The van der Waals surface area contributed by atoms with Crippen molar-refractivity contribution in [3.63, 3.8) is 0 Å². The number of amides is 1. The van der Waals surface area contributed by atoms with E-state index >= 15 is 0 Å². The van der Waals surface area contributed by atoms with Gasteiger partial charge in [-0.05, 0) is 48.9 Å². The SMILES string of the molecule is Cc1ccc(C(=O)Nc2cccc(C(F)(F)F)c2)cc1C#Cc1cnc2[nH]cnc2c1. The number of benzene rings is 2. The first kappa shape index (κ1) is 20.2. The molecule has 0 saturated heterocycles. The van der Waals surface area contributed by atoms with Gasteiger partial charge in [-0.1, -0.05) is 24.0 Å². The van der Waals surface area contributed by atoms with Crippen LogP contribution in [0.25, 0.3) is 11.2 Å². The molecule has 154 valence electrons. The van der Waals surface area contributed by atoms with Crippen LogP contribution in [0, 0.1) is 18.8 Å². The number of aromatic amines is 1. The van der Waals surface area contributed by atoms with Crippen LogP contribution in [0.2, 0.25) is 0 Å². The lowest BCUT2D eigenvalue weighted by Gasteiger charge is -2.10. The third kappa shape index (κ3) is 4.56. The third-order valence-electron chi connectivity index (χ3n) is 4.56. The van der Waals surface area contributed by atoms with Crippen molar-refractivity contribution in [1.29, 1.82) is 0 Å². The number of rotatable bonds is 2. The quantitative estimate of drug-likeness (QED) is 0.452. The van der Waals surface area contributed by atoms with Gasteiger partial charge in [0, 0.05) is 28.6 Å². The number of alkyl halides is 3. The van der Waals surface area contributed by atoms with E-state index in [-0.39, 0.29) is 11.3 Å². The minimum atomic E-state index is -4.48. The highest BCUT2D eigenvalue weighted by atomic mass is 19.4. The maximum atomic E-state index is 12.9. The van der Waals surface area contributed by atoms with Crippen LogP contribution < -0.4 is 5.32 Å². The topological polar surface area (TPSA) is 70.7 Å². The Balaban J connectivity index is 1.57. The van der Waals surface area contributed by atoms with Crippen LogP contribution in [0.1, 0.15) is 32.6 Å². The maximum absolute atomic E-state index is 12.9. The summed E-state index contributed by atoms with van der Waals surface area (Å²) < 4.78 is 38.6. The van der Waals surface area contributed by atoms with Gasteiger partial charge in [-0.2, -0.15) is 13.2 Å². The molecule has 0 saturated carbocycles. The Morgan fingerprint density at radius 2 is 1.90 bits per heavy atom. The molecule has 2 N–H and O–H groups in total. The van der Waals surface area contributed by atoms with Crippen LogP contribution >= 0.6 is 0 Å². The molecule has 0 aliphatic rings. The number of nitrogens with zero attached hydrogens (tertiary/aromatic N) is 2. The number of nitrogens with one attached hydrogen (secondary N) is 2. The Hall–Kier alpha value is -4.12. The highest BCUT2D eigenvalue weighted by Gasteiger charge is 2.30. The highest BCUT2D eigenvalue weighted by molar-refractivity contribution is 6.04. The Labute approximate surface area is 175 Å². The summed E-state index contributed by atoms with van der Waals surface area (Å²) in [5, 5.41) is 2.50. The van der Waals surface area contributed by atoms with Crippen LogP contribution in [-0.4, -0.2) is 20.9 Å². The number of imidazole rings is 1. The van der Waals surface area contributed by atoms with Crippen molar-refractivity contribution in [1.82, 2.24) is 15.0 Å². The van der Waals surface area contributed by atoms with Crippen LogP contribution in [0.15, 0.2) is 61.1 Å². The molecule has 0 aliphatic carbocycles. The predicted octanol–water partition coefficient (Wildman–Crippen LogP) is 4.94. The van der Waals surface area contributed by atoms with Crippen molar-refractivity contribution < 1.29 is 18.0 Å². The first-order valence-electron chi connectivity index (χ1n) is 9.20. The van der Waals surface area contributed by atoms with E-state index in [0.29, 0.717) is 22.3 Å². The Morgan fingerprint density at radius 3 is 2.71 bits per heavy atom. The van der Waals surface area contributed by atoms with Gasteiger partial charge in [0.05, 0.1) is 11.9 Å². The normalized spacial score (nSPS) is 11.1. The van der Waals surface area contributed by atoms with Crippen molar-refractivity contribution >= 4 is 22.8 Å². The van der Waals surface area contributed by atoms with E-state index in [4.69, 9.17) is 0 Å². The molecule has 0 radical (unpaired) electrons. The molecule has 0 fully saturated rings. The largest absolute Gasteiger partial charge is 0.416 e. The average Bonchev–Trinajstić information content (AvgIpc) is 3.20. The molecule has 4 aromatic rings. The second-order valence-electron chi connectivity index (χ2n) is 6.81. The van der Waals surface area contributed by atoms with Gasteiger partial charge in [-0.25, -0.2) is 9.97 Å². The smallest absolute Gasteiger partial charge is 0.329 e. The molecule has 2 heterocycles. The van der Waals surface area contributed by atoms with Gasteiger partial charge in [0.25, 0.3) is 5.91 Å². The van der Waals surface area contributed by atoms with Crippen LogP contribution in [0.4, 0.5) is 18.9 Å². The van der Waals surface area contributed by atoms with Crippen molar-refractivity contribution in [2.75, 3.05) is 5.32 Å². The highest BCUT2D eigenvalue weighted by Crippen LogP contribution is 2.30. The van der Waals surface area contributed by atoms with E-state index < -0.39 is 17.6 Å². The molecule has 0 atom stereocenters. The van der Waals surface area contributed by atoms with Gasteiger partial charge >= 0.3 is 6.18 Å². The molecule has 0 bridgehead atoms. The van der Waals surface area contributed by atoms with Gasteiger partial charge < -0.3 is 10.3 Å². The van der Waals surface area contributed by atoms with E-state index in [1.807, 2.05) is 6.92 Å². The third-order valence-corrected chi connectivity index (χ3v) is 4.56. The number of halogens is 3.